The molecule has 1 aromatic heterocycles. The van der Waals surface area contributed by atoms with Crippen LogP contribution in [0.3, 0.4) is 0 Å². The second kappa shape index (κ2) is 11.7. The van der Waals surface area contributed by atoms with E-state index in [1.54, 1.807) is 36.5 Å². The van der Waals surface area contributed by atoms with Crippen molar-refractivity contribution in [3.8, 4) is 0 Å². The van der Waals surface area contributed by atoms with Crippen molar-refractivity contribution in [1.29, 1.82) is 0 Å². The first kappa shape index (κ1) is 26.4. The van der Waals surface area contributed by atoms with E-state index in [1.807, 2.05) is 24.3 Å². The second-order valence-corrected chi connectivity index (χ2v) is 9.90. The van der Waals surface area contributed by atoms with Crippen molar-refractivity contribution in [1.82, 2.24) is 14.5 Å². The molecule has 0 aliphatic carbocycles. The zero-order chi connectivity index (χ0) is 28.1. The molecule has 41 heavy (non-hydrogen) atoms. The van der Waals surface area contributed by atoms with Crippen LogP contribution in [0.25, 0.3) is 0 Å². The SMILES string of the molecule is O=C(Nc1ccn(C2CN(C(c3ccccc3)(c3ccccc3)c3ccccc3)CCO2)c(=O)n1)c1ccccc1. The topological polar surface area (TPSA) is 76.5 Å². The number of morpholine rings is 1. The first-order valence-electron chi connectivity index (χ1n) is 13.6. The fourth-order valence-electron chi connectivity index (χ4n) is 5.67. The van der Waals surface area contributed by atoms with Gasteiger partial charge in [-0.25, -0.2) is 4.79 Å². The van der Waals surface area contributed by atoms with Crippen LogP contribution in [0.1, 0.15) is 33.3 Å². The molecule has 1 fully saturated rings. The Morgan fingerprint density at radius 2 is 1.27 bits per heavy atom. The van der Waals surface area contributed by atoms with E-state index in [1.165, 1.54) is 4.57 Å². The van der Waals surface area contributed by atoms with E-state index in [0.29, 0.717) is 25.3 Å². The Morgan fingerprint density at radius 1 is 0.756 bits per heavy atom. The number of amides is 1. The Hall–Kier alpha value is -4.85. The maximum absolute atomic E-state index is 13.2. The van der Waals surface area contributed by atoms with Gasteiger partial charge in [-0.15, -0.1) is 0 Å². The standard InChI is InChI=1S/C34H30N4O3/c39-32(26-13-5-1-6-14-26)35-30-21-22-38(33(40)36-30)31-25-37(23-24-41-31)34(27-15-7-2-8-16-27,28-17-9-3-10-18-28)29-19-11-4-12-20-29/h1-22,31H,23-25H2,(H,35,36,39,40). The molecule has 204 valence electrons. The van der Waals surface area contributed by atoms with Gasteiger partial charge >= 0.3 is 5.69 Å². The van der Waals surface area contributed by atoms with Gasteiger partial charge in [0.2, 0.25) is 0 Å². The molecule has 2 heterocycles. The average molecular weight is 543 g/mol. The number of anilines is 1. The van der Waals surface area contributed by atoms with E-state index in [0.717, 1.165) is 16.7 Å². The van der Waals surface area contributed by atoms with Crippen molar-refractivity contribution >= 4 is 11.7 Å². The lowest BCUT2D eigenvalue weighted by Gasteiger charge is -2.48. The quantitative estimate of drug-likeness (QED) is 0.282. The van der Waals surface area contributed by atoms with Crippen LogP contribution in [0, 0.1) is 0 Å². The molecule has 1 unspecified atom stereocenters. The lowest BCUT2D eigenvalue weighted by Crippen LogP contribution is -2.55. The molecular formula is C34H30N4O3. The highest BCUT2D eigenvalue weighted by molar-refractivity contribution is 6.03. The molecule has 7 nitrogen and oxygen atoms in total. The summed E-state index contributed by atoms with van der Waals surface area (Å²) in [4.78, 5) is 32.3. The molecule has 1 aliphatic heterocycles. The minimum atomic E-state index is -0.619. The van der Waals surface area contributed by atoms with E-state index < -0.39 is 17.5 Å². The molecule has 0 saturated carbocycles. The summed E-state index contributed by atoms with van der Waals surface area (Å²) < 4.78 is 7.66. The molecule has 5 aromatic rings. The molecule has 1 aliphatic rings. The van der Waals surface area contributed by atoms with Crippen LogP contribution in [-0.4, -0.2) is 40.1 Å². The molecule has 1 saturated heterocycles. The summed E-state index contributed by atoms with van der Waals surface area (Å²) in [5.41, 5.74) is 2.76. The molecule has 1 atom stereocenters. The highest BCUT2D eigenvalue weighted by Crippen LogP contribution is 2.43. The third-order valence-corrected chi connectivity index (χ3v) is 7.51. The number of hydrogen-bond donors (Lipinski definition) is 1. The Bertz CT molecular complexity index is 1560. The molecule has 7 heteroatoms. The van der Waals surface area contributed by atoms with Crippen molar-refractivity contribution in [3.63, 3.8) is 0 Å². The van der Waals surface area contributed by atoms with Crippen LogP contribution in [0.4, 0.5) is 5.82 Å². The van der Waals surface area contributed by atoms with Gasteiger partial charge in [0.25, 0.3) is 5.91 Å². The first-order valence-corrected chi connectivity index (χ1v) is 13.6. The van der Waals surface area contributed by atoms with Crippen LogP contribution in [0.15, 0.2) is 138 Å². The zero-order valence-electron chi connectivity index (χ0n) is 22.5. The van der Waals surface area contributed by atoms with Gasteiger partial charge in [0, 0.05) is 24.8 Å². The number of nitrogens with one attached hydrogen (secondary N) is 1. The maximum Gasteiger partial charge on any atom is 0.351 e. The van der Waals surface area contributed by atoms with E-state index >= 15 is 0 Å². The van der Waals surface area contributed by atoms with Crippen LogP contribution in [0.2, 0.25) is 0 Å². The normalized spacial score (nSPS) is 15.8. The minimum Gasteiger partial charge on any atom is -0.355 e. The summed E-state index contributed by atoms with van der Waals surface area (Å²) >= 11 is 0. The van der Waals surface area contributed by atoms with Crippen molar-refractivity contribution in [2.24, 2.45) is 0 Å². The first-order chi connectivity index (χ1) is 20.2. The van der Waals surface area contributed by atoms with Crippen LogP contribution in [-0.2, 0) is 10.3 Å². The fourth-order valence-corrected chi connectivity index (χ4v) is 5.67. The Balaban J connectivity index is 1.36. The Morgan fingerprint density at radius 3 is 1.78 bits per heavy atom. The summed E-state index contributed by atoms with van der Waals surface area (Å²) in [6, 6.07) is 41.8. The van der Waals surface area contributed by atoms with Gasteiger partial charge in [-0.3, -0.25) is 14.3 Å². The van der Waals surface area contributed by atoms with Gasteiger partial charge in [-0.2, -0.15) is 4.98 Å². The third-order valence-electron chi connectivity index (χ3n) is 7.51. The monoisotopic (exact) mass is 542 g/mol. The smallest absolute Gasteiger partial charge is 0.351 e. The average Bonchev–Trinajstić information content (AvgIpc) is 3.04. The highest BCUT2D eigenvalue weighted by atomic mass is 16.5. The predicted molar refractivity (Wildman–Crippen MR) is 159 cm³/mol. The van der Waals surface area contributed by atoms with Crippen molar-refractivity contribution < 1.29 is 9.53 Å². The van der Waals surface area contributed by atoms with Gasteiger partial charge in [0.15, 0.2) is 6.23 Å². The zero-order valence-corrected chi connectivity index (χ0v) is 22.5. The maximum atomic E-state index is 13.2. The highest BCUT2D eigenvalue weighted by Gasteiger charge is 2.44. The van der Waals surface area contributed by atoms with Gasteiger partial charge in [-0.1, -0.05) is 109 Å². The number of aromatic nitrogens is 2. The van der Waals surface area contributed by atoms with Gasteiger partial charge < -0.3 is 10.1 Å². The number of ether oxygens (including phenoxy) is 1. The molecule has 4 aromatic carbocycles. The summed E-state index contributed by atoms with van der Waals surface area (Å²) in [5, 5.41) is 2.71. The molecule has 0 spiro atoms. The number of carbonyl (C=O) groups excluding carboxylic acids is 1. The predicted octanol–water partition coefficient (Wildman–Crippen LogP) is 5.32. The van der Waals surface area contributed by atoms with Gasteiger partial charge in [-0.05, 0) is 34.9 Å². The summed E-state index contributed by atoms with van der Waals surface area (Å²) in [7, 11) is 0. The second-order valence-electron chi connectivity index (χ2n) is 9.90. The van der Waals surface area contributed by atoms with E-state index in [9.17, 15) is 9.59 Å². The summed E-state index contributed by atoms with van der Waals surface area (Å²) in [6.45, 7) is 1.52. The van der Waals surface area contributed by atoms with E-state index in [2.05, 4.69) is 88.0 Å². The summed E-state index contributed by atoms with van der Waals surface area (Å²) in [6.07, 6.45) is 1.07. The number of rotatable bonds is 7. The summed E-state index contributed by atoms with van der Waals surface area (Å²) in [5.74, 6) is -0.131. The van der Waals surface area contributed by atoms with Gasteiger partial charge in [0.1, 0.15) is 5.82 Å². The Kier molecular flexibility index (Phi) is 7.54. The minimum absolute atomic E-state index is 0.194. The number of nitrogens with zero attached hydrogens (tertiary/aromatic N) is 3. The molecule has 1 N–H and O–H groups in total. The molecule has 0 bridgehead atoms. The van der Waals surface area contributed by atoms with Gasteiger partial charge in [0.05, 0.1) is 12.1 Å². The van der Waals surface area contributed by atoms with Crippen molar-refractivity contribution in [3.05, 3.63) is 166 Å². The molecular weight excluding hydrogens is 512 g/mol. The Labute approximate surface area is 238 Å². The van der Waals surface area contributed by atoms with Crippen LogP contribution >= 0.6 is 0 Å². The molecule has 6 rings (SSSR count). The van der Waals surface area contributed by atoms with Crippen LogP contribution in [0.5, 0.6) is 0 Å². The van der Waals surface area contributed by atoms with E-state index in [4.69, 9.17) is 4.74 Å². The largest absolute Gasteiger partial charge is 0.355 e. The number of benzene rings is 4. The number of hydrogen-bond acceptors (Lipinski definition) is 5. The fraction of sp³-hybridized carbons (Fsp3) is 0.147. The van der Waals surface area contributed by atoms with E-state index in [-0.39, 0.29) is 11.7 Å². The van der Waals surface area contributed by atoms with Crippen molar-refractivity contribution in [2.45, 2.75) is 11.8 Å². The van der Waals surface area contributed by atoms with Crippen molar-refractivity contribution in [2.75, 3.05) is 25.0 Å². The molecule has 0 radical (unpaired) electrons. The molecule has 1 amide bonds. The van der Waals surface area contributed by atoms with Crippen LogP contribution < -0.4 is 11.0 Å². The lowest BCUT2D eigenvalue weighted by atomic mass is 9.75. The third kappa shape index (κ3) is 5.20. The lowest BCUT2D eigenvalue weighted by molar-refractivity contribution is -0.0915. The number of carbonyl (C=O) groups is 1.